The van der Waals surface area contributed by atoms with Crippen LogP contribution in [0.2, 0.25) is 5.02 Å². The van der Waals surface area contributed by atoms with Gasteiger partial charge in [0.25, 0.3) is 5.56 Å². The molecule has 24 heavy (non-hydrogen) atoms. The fourth-order valence-electron chi connectivity index (χ4n) is 3.07. The summed E-state index contributed by atoms with van der Waals surface area (Å²) in [4.78, 5) is 19.5. The van der Waals surface area contributed by atoms with E-state index < -0.39 is 0 Å². The van der Waals surface area contributed by atoms with E-state index in [1.807, 2.05) is 19.9 Å². The SMILES string of the molecule is Cc1sc2nc3n(c(=O)c2c1C)CC/C3=C\c1ccc(O)c(Cl)c1. The minimum atomic E-state index is 0.0454. The van der Waals surface area contributed by atoms with Gasteiger partial charge >= 0.3 is 0 Å². The average Bonchev–Trinajstić information content (AvgIpc) is 3.06. The van der Waals surface area contributed by atoms with Crippen LogP contribution in [0.5, 0.6) is 5.75 Å². The lowest BCUT2D eigenvalue weighted by Gasteiger charge is -2.04. The third-order valence-electron chi connectivity index (χ3n) is 4.49. The van der Waals surface area contributed by atoms with E-state index in [0.29, 0.717) is 11.6 Å². The van der Waals surface area contributed by atoms with Crippen LogP contribution in [0.4, 0.5) is 0 Å². The molecule has 1 aromatic carbocycles. The molecule has 0 bridgehead atoms. The zero-order valence-corrected chi connectivity index (χ0v) is 14.8. The van der Waals surface area contributed by atoms with Crippen LogP contribution in [-0.2, 0) is 6.54 Å². The first kappa shape index (κ1) is 15.4. The van der Waals surface area contributed by atoms with Crippen LogP contribution in [0, 0.1) is 13.8 Å². The number of aromatic nitrogens is 2. The second kappa shape index (κ2) is 5.46. The lowest BCUT2D eigenvalue weighted by atomic mass is 10.1. The van der Waals surface area contributed by atoms with Gasteiger partial charge in [0.15, 0.2) is 0 Å². The number of phenolic OH excluding ortho intramolecular Hbond substituents is 1. The molecule has 3 heterocycles. The van der Waals surface area contributed by atoms with E-state index in [9.17, 15) is 9.90 Å². The maximum absolute atomic E-state index is 12.8. The standard InChI is InChI=1S/C18H15ClN2O2S/c1-9-10(2)24-17-15(9)18(23)21-6-5-12(16(21)20-17)7-11-3-4-14(22)13(19)8-11/h3-4,7-8,22H,5-6H2,1-2H3/b12-7+. The van der Waals surface area contributed by atoms with E-state index in [-0.39, 0.29) is 11.3 Å². The van der Waals surface area contributed by atoms with Crippen LogP contribution in [0.25, 0.3) is 21.9 Å². The number of rotatable bonds is 1. The van der Waals surface area contributed by atoms with Crippen molar-refractivity contribution in [2.24, 2.45) is 0 Å². The van der Waals surface area contributed by atoms with Crippen molar-refractivity contribution in [3.8, 4) is 5.75 Å². The Morgan fingerprint density at radius 3 is 2.92 bits per heavy atom. The van der Waals surface area contributed by atoms with Crippen molar-refractivity contribution in [2.75, 3.05) is 0 Å². The highest BCUT2D eigenvalue weighted by molar-refractivity contribution is 7.18. The van der Waals surface area contributed by atoms with Gasteiger partial charge in [-0.05, 0) is 55.2 Å². The van der Waals surface area contributed by atoms with Gasteiger partial charge in [-0.25, -0.2) is 4.98 Å². The molecule has 122 valence electrons. The zero-order chi connectivity index (χ0) is 17.0. The quantitative estimate of drug-likeness (QED) is 0.702. The largest absolute Gasteiger partial charge is 0.506 e. The van der Waals surface area contributed by atoms with Gasteiger partial charge in [-0.3, -0.25) is 9.36 Å². The first-order valence-electron chi connectivity index (χ1n) is 7.65. The number of phenols is 1. The molecule has 0 amide bonds. The summed E-state index contributed by atoms with van der Waals surface area (Å²) in [5, 5.41) is 10.6. The second-order valence-corrected chi connectivity index (χ2v) is 7.60. The number of benzene rings is 1. The summed E-state index contributed by atoms with van der Waals surface area (Å²) in [7, 11) is 0. The van der Waals surface area contributed by atoms with Crippen LogP contribution >= 0.6 is 22.9 Å². The third-order valence-corrected chi connectivity index (χ3v) is 5.90. The Labute approximate surface area is 147 Å². The van der Waals surface area contributed by atoms with Gasteiger partial charge in [-0.15, -0.1) is 11.3 Å². The van der Waals surface area contributed by atoms with Gasteiger partial charge in [0, 0.05) is 11.4 Å². The van der Waals surface area contributed by atoms with Crippen LogP contribution in [0.1, 0.15) is 28.2 Å². The van der Waals surface area contributed by atoms with Gasteiger partial charge in [-0.2, -0.15) is 0 Å². The number of hydrogen-bond donors (Lipinski definition) is 1. The number of halogens is 1. The molecule has 4 nitrogen and oxygen atoms in total. The molecular formula is C18H15ClN2O2S. The summed E-state index contributed by atoms with van der Waals surface area (Å²) in [6, 6.07) is 5.08. The number of aryl methyl sites for hydroxylation is 2. The normalized spacial score (nSPS) is 15.4. The molecule has 1 N–H and O–H groups in total. The maximum Gasteiger partial charge on any atom is 0.262 e. The van der Waals surface area contributed by atoms with E-state index in [1.54, 1.807) is 34.1 Å². The van der Waals surface area contributed by atoms with Crippen LogP contribution < -0.4 is 5.56 Å². The van der Waals surface area contributed by atoms with E-state index in [0.717, 1.165) is 44.0 Å². The number of thiophene rings is 1. The third kappa shape index (κ3) is 2.27. The average molecular weight is 359 g/mol. The number of hydrogen-bond acceptors (Lipinski definition) is 4. The van der Waals surface area contributed by atoms with E-state index in [1.165, 1.54) is 0 Å². The molecular weight excluding hydrogens is 344 g/mol. The first-order valence-corrected chi connectivity index (χ1v) is 8.85. The molecule has 0 unspecified atom stereocenters. The Morgan fingerprint density at radius 2 is 2.17 bits per heavy atom. The van der Waals surface area contributed by atoms with Crippen LogP contribution in [-0.4, -0.2) is 14.7 Å². The monoisotopic (exact) mass is 358 g/mol. The highest BCUT2D eigenvalue weighted by atomic mass is 35.5. The Hall–Kier alpha value is -2.11. The maximum atomic E-state index is 12.8. The van der Waals surface area contributed by atoms with Crippen LogP contribution in [0.15, 0.2) is 23.0 Å². The summed E-state index contributed by atoms with van der Waals surface area (Å²) in [5.41, 5.74) is 2.98. The summed E-state index contributed by atoms with van der Waals surface area (Å²) in [6.07, 6.45) is 2.74. The van der Waals surface area contributed by atoms with E-state index in [2.05, 4.69) is 0 Å². The molecule has 0 aliphatic carbocycles. The molecule has 0 spiro atoms. The van der Waals surface area contributed by atoms with Crippen molar-refractivity contribution >= 4 is 44.8 Å². The molecule has 0 atom stereocenters. The van der Waals surface area contributed by atoms with Gasteiger partial charge in [0.1, 0.15) is 16.4 Å². The summed E-state index contributed by atoms with van der Waals surface area (Å²) in [5.74, 6) is 0.796. The molecule has 3 aromatic rings. The summed E-state index contributed by atoms with van der Waals surface area (Å²) in [6.45, 7) is 4.64. The number of aromatic hydroxyl groups is 1. The number of allylic oxidation sites excluding steroid dienone is 1. The van der Waals surface area contributed by atoms with Crippen molar-refractivity contribution in [2.45, 2.75) is 26.8 Å². The van der Waals surface area contributed by atoms with Crippen molar-refractivity contribution in [3.05, 3.63) is 55.4 Å². The van der Waals surface area contributed by atoms with Crippen molar-refractivity contribution in [1.82, 2.24) is 9.55 Å². The molecule has 4 rings (SSSR count). The number of fused-ring (bicyclic) bond motifs is 2. The van der Waals surface area contributed by atoms with Gasteiger partial charge in [-0.1, -0.05) is 17.7 Å². The highest BCUT2D eigenvalue weighted by Crippen LogP contribution is 2.33. The van der Waals surface area contributed by atoms with Gasteiger partial charge in [0.05, 0.1) is 10.4 Å². The lowest BCUT2D eigenvalue weighted by Crippen LogP contribution is -2.20. The predicted molar refractivity (Wildman–Crippen MR) is 99.0 cm³/mol. The predicted octanol–water partition coefficient (Wildman–Crippen LogP) is 4.38. The molecule has 0 saturated heterocycles. The minimum Gasteiger partial charge on any atom is -0.506 e. The minimum absolute atomic E-state index is 0.0454. The fraction of sp³-hybridized carbons (Fsp3) is 0.222. The van der Waals surface area contributed by atoms with Gasteiger partial charge in [0.2, 0.25) is 0 Å². The molecule has 2 aromatic heterocycles. The Kier molecular flexibility index (Phi) is 3.51. The second-order valence-electron chi connectivity index (χ2n) is 5.99. The Balaban J connectivity index is 1.90. The van der Waals surface area contributed by atoms with E-state index >= 15 is 0 Å². The summed E-state index contributed by atoms with van der Waals surface area (Å²) >= 11 is 7.54. The van der Waals surface area contributed by atoms with Crippen molar-refractivity contribution in [1.29, 1.82) is 0 Å². The highest BCUT2D eigenvalue weighted by Gasteiger charge is 2.23. The molecule has 0 saturated carbocycles. The first-order chi connectivity index (χ1) is 11.5. The molecule has 0 radical (unpaired) electrons. The Morgan fingerprint density at radius 1 is 1.38 bits per heavy atom. The van der Waals surface area contributed by atoms with Crippen molar-refractivity contribution < 1.29 is 5.11 Å². The molecule has 0 fully saturated rings. The van der Waals surface area contributed by atoms with Crippen LogP contribution in [0.3, 0.4) is 0 Å². The fourth-order valence-corrected chi connectivity index (χ4v) is 4.28. The Bertz CT molecular complexity index is 1080. The molecule has 1 aliphatic heterocycles. The van der Waals surface area contributed by atoms with Gasteiger partial charge < -0.3 is 5.11 Å². The van der Waals surface area contributed by atoms with Crippen molar-refractivity contribution in [3.63, 3.8) is 0 Å². The summed E-state index contributed by atoms with van der Waals surface area (Å²) < 4.78 is 1.76. The zero-order valence-electron chi connectivity index (χ0n) is 13.3. The molecule has 1 aliphatic rings. The smallest absolute Gasteiger partial charge is 0.262 e. The lowest BCUT2D eigenvalue weighted by molar-refractivity contribution is 0.475. The van der Waals surface area contributed by atoms with E-state index in [4.69, 9.17) is 16.6 Å². The topological polar surface area (TPSA) is 55.1 Å². The molecule has 6 heteroatoms. The number of nitrogens with zero attached hydrogens (tertiary/aromatic N) is 2.